The number of nitrogens with zero attached hydrogens (tertiary/aromatic N) is 1. The Hall–Kier alpha value is -0.410. The smallest absolute Gasteiger partial charge is 0.0582 e. The van der Waals surface area contributed by atoms with Crippen LogP contribution in [0.4, 0.5) is 0 Å². The van der Waals surface area contributed by atoms with Crippen molar-refractivity contribution in [2.75, 3.05) is 0 Å². The molecule has 0 saturated heterocycles. The lowest BCUT2D eigenvalue weighted by atomic mass is 10.1. The Morgan fingerprint density at radius 1 is 1.67 bits per heavy atom. The van der Waals surface area contributed by atoms with Gasteiger partial charge in [0.05, 0.1) is 5.69 Å². The van der Waals surface area contributed by atoms with Gasteiger partial charge in [-0.2, -0.15) is 0 Å². The largest absolute Gasteiger partial charge is 0.323 e. The summed E-state index contributed by atoms with van der Waals surface area (Å²) < 4.78 is 1.04. The molecule has 0 radical (unpaired) electrons. The van der Waals surface area contributed by atoms with Crippen LogP contribution in [-0.4, -0.2) is 4.98 Å². The van der Waals surface area contributed by atoms with E-state index >= 15 is 0 Å². The van der Waals surface area contributed by atoms with E-state index in [9.17, 15) is 0 Å². The molecule has 2 N–H and O–H groups in total. The Bertz CT molecular complexity index is 250. The van der Waals surface area contributed by atoms with Gasteiger partial charge in [-0.3, -0.25) is 4.98 Å². The highest BCUT2D eigenvalue weighted by atomic mass is 79.9. The van der Waals surface area contributed by atoms with E-state index in [1.165, 1.54) is 0 Å². The molecule has 1 rings (SSSR count). The van der Waals surface area contributed by atoms with Crippen LogP contribution in [-0.2, 0) is 0 Å². The normalized spacial score (nSPS) is 12.9. The lowest BCUT2D eigenvalue weighted by Crippen LogP contribution is -2.11. The lowest BCUT2D eigenvalue weighted by Gasteiger charge is -2.08. The molecule has 1 aromatic heterocycles. The summed E-state index contributed by atoms with van der Waals surface area (Å²) in [5.41, 5.74) is 6.86. The van der Waals surface area contributed by atoms with Crippen LogP contribution in [0, 0.1) is 0 Å². The van der Waals surface area contributed by atoms with Gasteiger partial charge in [-0.25, -0.2) is 0 Å². The summed E-state index contributed by atoms with van der Waals surface area (Å²) >= 11 is 3.39. The highest BCUT2D eigenvalue weighted by Crippen LogP contribution is 2.16. The molecule has 3 heteroatoms. The monoisotopic (exact) mass is 228 g/mol. The average molecular weight is 229 g/mol. The van der Waals surface area contributed by atoms with Gasteiger partial charge in [0.2, 0.25) is 0 Å². The summed E-state index contributed by atoms with van der Waals surface area (Å²) in [6.45, 7) is 2.12. The predicted molar refractivity (Wildman–Crippen MR) is 53.8 cm³/mol. The molecule has 0 aliphatic carbocycles. The van der Waals surface area contributed by atoms with Crippen molar-refractivity contribution in [1.82, 2.24) is 4.98 Å². The molecular formula is C9H13BrN2. The number of hydrogen-bond donors (Lipinski definition) is 1. The van der Waals surface area contributed by atoms with E-state index in [0.29, 0.717) is 0 Å². The molecule has 0 spiro atoms. The zero-order chi connectivity index (χ0) is 8.97. The Morgan fingerprint density at radius 3 is 3.00 bits per heavy atom. The van der Waals surface area contributed by atoms with Gasteiger partial charge in [0.25, 0.3) is 0 Å². The minimum Gasteiger partial charge on any atom is -0.323 e. The fourth-order valence-corrected chi connectivity index (χ4v) is 1.44. The highest BCUT2D eigenvalue weighted by molar-refractivity contribution is 9.10. The van der Waals surface area contributed by atoms with Gasteiger partial charge < -0.3 is 5.73 Å². The Balaban J connectivity index is 2.73. The van der Waals surface area contributed by atoms with Gasteiger partial charge in [-0.15, -0.1) is 0 Å². The van der Waals surface area contributed by atoms with Crippen molar-refractivity contribution >= 4 is 15.9 Å². The third-order valence-corrected chi connectivity index (χ3v) is 2.22. The summed E-state index contributed by atoms with van der Waals surface area (Å²) in [5.74, 6) is 0. The minimum absolute atomic E-state index is 0.0764. The van der Waals surface area contributed by atoms with E-state index in [-0.39, 0.29) is 6.04 Å². The molecule has 0 fully saturated rings. The molecule has 0 unspecified atom stereocenters. The van der Waals surface area contributed by atoms with Crippen LogP contribution >= 0.6 is 15.9 Å². The maximum atomic E-state index is 5.89. The van der Waals surface area contributed by atoms with Crippen molar-refractivity contribution in [3.8, 4) is 0 Å². The van der Waals surface area contributed by atoms with Gasteiger partial charge in [-0.05, 0) is 18.6 Å². The number of pyridine rings is 1. The number of aromatic nitrogens is 1. The van der Waals surface area contributed by atoms with Crippen LogP contribution in [0.25, 0.3) is 0 Å². The summed E-state index contributed by atoms with van der Waals surface area (Å²) in [4.78, 5) is 4.20. The number of rotatable bonds is 3. The second-order valence-electron chi connectivity index (χ2n) is 2.79. The Kier molecular flexibility index (Phi) is 3.69. The van der Waals surface area contributed by atoms with Crippen molar-refractivity contribution in [2.24, 2.45) is 5.73 Å². The van der Waals surface area contributed by atoms with Gasteiger partial charge in [0.1, 0.15) is 0 Å². The topological polar surface area (TPSA) is 38.9 Å². The quantitative estimate of drug-likeness (QED) is 0.865. The van der Waals surface area contributed by atoms with Gasteiger partial charge in [0, 0.05) is 16.7 Å². The van der Waals surface area contributed by atoms with Crippen LogP contribution in [0.1, 0.15) is 31.5 Å². The maximum Gasteiger partial charge on any atom is 0.0582 e. The summed E-state index contributed by atoms with van der Waals surface area (Å²) in [6.07, 6.45) is 3.85. The molecule has 66 valence electrons. The maximum absolute atomic E-state index is 5.89. The molecule has 12 heavy (non-hydrogen) atoms. The van der Waals surface area contributed by atoms with Crippen LogP contribution in [0.3, 0.4) is 0 Å². The molecule has 0 saturated carbocycles. The fraction of sp³-hybridized carbons (Fsp3) is 0.444. The zero-order valence-corrected chi connectivity index (χ0v) is 8.71. The standard InChI is InChI=1S/C9H13BrN2/c1-2-3-8(11)9-6-7(10)4-5-12-9/h4-6,8H,2-3,11H2,1H3/t8-/m1/s1. The summed E-state index contributed by atoms with van der Waals surface area (Å²) in [7, 11) is 0. The molecule has 0 aliphatic rings. The number of nitrogens with two attached hydrogens (primary N) is 1. The minimum atomic E-state index is 0.0764. The SMILES string of the molecule is CCC[C@@H](N)c1cc(Br)ccn1. The third kappa shape index (κ3) is 2.57. The lowest BCUT2D eigenvalue weighted by molar-refractivity contribution is 0.621. The molecule has 1 atom stereocenters. The second-order valence-corrected chi connectivity index (χ2v) is 3.71. The number of halogens is 1. The van der Waals surface area contributed by atoms with Gasteiger partial charge in [-0.1, -0.05) is 29.3 Å². The van der Waals surface area contributed by atoms with Gasteiger partial charge in [0.15, 0.2) is 0 Å². The molecule has 0 aromatic carbocycles. The van der Waals surface area contributed by atoms with Crippen molar-refractivity contribution in [3.63, 3.8) is 0 Å². The van der Waals surface area contributed by atoms with E-state index in [2.05, 4.69) is 27.8 Å². The van der Waals surface area contributed by atoms with E-state index in [1.54, 1.807) is 6.20 Å². The highest BCUT2D eigenvalue weighted by Gasteiger charge is 2.05. The predicted octanol–water partition coefficient (Wildman–Crippen LogP) is 2.64. The number of hydrogen-bond acceptors (Lipinski definition) is 2. The Labute approximate surface area is 81.3 Å². The van der Waals surface area contributed by atoms with Crippen molar-refractivity contribution in [1.29, 1.82) is 0 Å². The first-order valence-electron chi connectivity index (χ1n) is 4.11. The molecular weight excluding hydrogens is 216 g/mol. The average Bonchev–Trinajstić information content (AvgIpc) is 2.05. The molecule has 0 amide bonds. The Morgan fingerprint density at radius 2 is 2.42 bits per heavy atom. The second kappa shape index (κ2) is 4.58. The summed E-state index contributed by atoms with van der Waals surface area (Å²) in [5, 5.41) is 0. The molecule has 2 nitrogen and oxygen atoms in total. The van der Waals surface area contributed by atoms with E-state index in [1.807, 2.05) is 12.1 Å². The first kappa shape index (κ1) is 9.68. The first-order valence-corrected chi connectivity index (χ1v) is 4.90. The molecule has 0 aliphatic heterocycles. The van der Waals surface area contributed by atoms with Crippen molar-refractivity contribution in [3.05, 3.63) is 28.5 Å². The molecule has 1 aromatic rings. The van der Waals surface area contributed by atoms with Crippen molar-refractivity contribution in [2.45, 2.75) is 25.8 Å². The third-order valence-electron chi connectivity index (χ3n) is 1.72. The van der Waals surface area contributed by atoms with Crippen LogP contribution in [0.2, 0.25) is 0 Å². The molecule has 1 heterocycles. The van der Waals surface area contributed by atoms with Crippen molar-refractivity contribution < 1.29 is 0 Å². The fourth-order valence-electron chi connectivity index (χ4n) is 1.08. The van der Waals surface area contributed by atoms with Gasteiger partial charge >= 0.3 is 0 Å². The van der Waals surface area contributed by atoms with Crippen LogP contribution < -0.4 is 5.73 Å². The van der Waals surface area contributed by atoms with Crippen LogP contribution in [0.5, 0.6) is 0 Å². The first-order chi connectivity index (χ1) is 5.74. The van der Waals surface area contributed by atoms with E-state index in [4.69, 9.17) is 5.73 Å². The van der Waals surface area contributed by atoms with Crippen LogP contribution in [0.15, 0.2) is 22.8 Å². The van der Waals surface area contributed by atoms with E-state index < -0.39 is 0 Å². The zero-order valence-electron chi connectivity index (χ0n) is 7.13. The summed E-state index contributed by atoms with van der Waals surface area (Å²) in [6, 6.07) is 3.95. The molecule has 0 bridgehead atoms. The van der Waals surface area contributed by atoms with E-state index in [0.717, 1.165) is 23.0 Å².